The maximum absolute atomic E-state index is 16.1. The van der Waals surface area contributed by atoms with E-state index in [1.807, 2.05) is 11.0 Å². The zero-order valence-corrected chi connectivity index (χ0v) is 38.5. The van der Waals surface area contributed by atoms with Gasteiger partial charge < -0.3 is 30.4 Å². The van der Waals surface area contributed by atoms with Gasteiger partial charge in [0.05, 0.1) is 29.7 Å². The molecule has 6 aromatic rings. The molecule has 0 saturated carbocycles. The molecule has 5 amide bonds. The molecule has 3 saturated heterocycles. The number of nitrogens with zero attached hydrogens (tertiary/aromatic N) is 5. The number of primary amides is 1. The first-order valence-electron chi connectivity index (χ1n) is 22.9. The second-order valence-corrected chi connectivity index (χ2v) is 18.8. The van der Waals surface area contributed by atoms with Gasteiger partial charge in [-0.1, -0.05) is 30.3 Å². The van der Waals surface area contributed by atoms with Crippen LogP contribution in [0.1, 0.15) is 83.4 Å². The first kappa shape index (κ1) is 46.1. The lowest BCUT2D eigenvalue weighted by Crippen LogP contribution is -2.50. The van der Waals surface area contributed by atoms with Crippen LogP contribution in [0.4, 0.5) is 19.3 Å². The molecule has 3 fully saturated rings. The van der Waals surface area contributed by atoms with E-state index in [1.54, 1.807) is 25.1 Å². The van der Waals surface area contributed by atoms with Gasteiger partial charge in [0.15, 0.2) is 0 Å². The number of nitrogens with one attached hydrogen (secondary N) is 2. The maximum atomic E-state index is 16.1. The summed E-state index contributed by atoms with van der Waals surface area (Å²) in [4.78, 5) is 68.5. The summed E-state index contributed by atoms with van der Waals surface area (Å²) in [5.41, 5.74) is 9.72. The van der Waals surface area contributed by atoms with Crippen molar-refractivity contribution < 1.29 is 37.8 Å². The number of fused-ring (bicyclic) bond motifs is 1. The van der Waals surface area contributed by atoms with Crippen molar-refractivity contribution in [2.24, 2.45) is 11.1 Å². The minimum Gasteiger partial charge on any atom is -0.495 e. The molecule has 9 rings (SSSR count). The molecule has 0 aliphatic carbocycles. The lowest BCUT2D eigenvalue weighted by molar-refractivity contribution is -0.120. The first-order valence-corrected chi connectivity index (χ1v) is 22.9. The van der Waals surface area contributed by atoms with Crippen LogP contribution in [0, 0.1) is 24.0 Å². The number of aromatic nitrogens is 3. The Hall–Kier alpha value is -7.04. The summed E-state index contributed by atoms with van der Waals surface area (Å²) in [6, 6.07) is 20.0. The van der Waals surface area contributed by atoms with E-state index in [9.17, 15) is 24.3 Å². The molecular weight excluding hydrogens is 871 g/mol. The lowest BCUT2D eigenvalue weighted by atomic mass is 9.71. The van der Waals surface area contributed by atoms with Crippen LogP contribution in [0.15, 0.2) is 79.1 Å². The third kappa shape index (κ3) is 8.93. The van der Waals surface area contributed by atoms with Crippen LogP contribution in [0.2, 0.25) is 0 Å². The topological polar surface area (TPSA) is 187 Å². The van der Waals surface area contributed by atoms with Gasteiger partial charge in [-0.2, -0.15) is 0 Å². The molecule has 0 radical (unpaired) electrons. The van der Waals surface area contributed by atoms with Crippen molar-refractivity contribution in [1.29, 1.82) is 0 Å². The van der Waals surface area contributed by atoms with E-state index in [4.69, 9.17) is 10.5 Å². The van der Waals surface area contributed by atoms with Gasteiger partial charge in [0.25, 0.3) is 11.8 Å². The lowest BCUT2D eigenvalue weighted by Gasteiger charge is -2.47. The van der Waals surface area contributed by atoms with Crippen LogP contribution in [-0.2, 0) is 16.8 Å². The largest absolute Gasteiger partial charge is 0.495 e. The highest BCUT2D eigenvalue weighted by atomic mass is 19.1. The van der Waals surface area contributed by atoms with Gasteiger partial charge in [0.2, 0.25) is 5.91 Å². The Morgan fingerprint density at radius 2 is 1.60 bits per heavy atom. The number of hydrogen-bond acceptors (Lipinski definition) is 9. The van der Waals surface area contributed by atoms with E-state index in [0.717, 1.165) is 63.0 Å². The Labute approximate surface area is 392 Å². The molecule has 352 valence electrons. The Kier molecular flexibility index (Phi) is 12.3. The summed E-state index contributed by atoms with van der Waals surface area (Å²) in [5, 5.41) is 14.0. The van der Waals surface area contributed by atoms with Crippen LogP contribution in [0.25, 0.3) is 44.7 Å². The van der Waals surface area contributed by atoms with Gasteiger partial charge in [-0.15, -0.1) is 0 Å². The predicted octanol–water partition coefficient (Wildman–Crippen LogP) is 7.89. The van der Waals surface area contributed by atoms with Crippen LogP contribution >= 0.6 is 0 Å². The van der Waals surface area contributed by atoms with Gasteiger partial charge in [0.1, 0.15) is 29.4 Å². The molecule has 3 aliphatic heterocycles. The van der Waals surface area contributed by atoms with Gasteiger partial charge in [-0.05, 0) is 142 Å². The molecule has 68 heavy (non-hydrogen) atoms. The van der Waals surface area contributed by atoms with E-state index in [-0.39, 0.29) is 52.4 Å². The van der Waals surface area contributed by atoms with E-state index >= 15 is 8.78 Å². The molecule has 0 unspecified atom stereocenters. The highest BCUT2D eigenvalue weighted by Gasteiger charge is 2.39. The maximum Gasteiger partial charge on any atom is 0.328 e. The van der Waals surface area contributed by atoms with Crippen LogP contribution in [0.3, 0.4) is 0 Å². The Morgan fingerprint density at radius 1 is 0.897 bits per heavy atom. The molecule has 5 heterocycles. The van der Waals surface area contributed by atoms with E-state index in [2.05, 4.69) is 49.4 Å². The van der Waals surface area contributed by atoms with Crippen LogP contribution < -0.4 is 20.7 Å². The van der Waals surface area contributed by atoms with E-state index in [0.29, 0.717) is 57.9 Å². The number of rotatable bonds is 11. The third-order valence-electron chi connectivity index (χ3n) is 14.2. The van der Waals surface area contributed by atoms with Crippen molar-refractivity contribution in [2.45, 2.75) is 64.9 Å². The number of benzene rings is 4. The zero-order valence-electron chi connectivity index (χ0n) is 38.5. The van der Waals surface area contributed by atoms with Crippen molar-refractivity contribution in [3.05, 3.63) is 119 Å². The summed E-state index contributed by atoms with van der Waals surface area (Å²) in [7, 11) is 1.51. The monoisotopic (exact) mass is 924 g/mol. The smallest absolute Gasteiger partial charge is 0.328 e. The van der Waals surface area contributed by atoms with E-state index < -0.39 is 29.2 Å². The zero-order chi connectivity index (χ0) is 48.1. The molecule has 1 spiro atoms. The van der Waals surface area contributed by atoms with Crippen molar-refractivity contribution in [2.75, 3.05) is 51.3 Å². The summed E-state index contributed by atoms with van der Waals surface area (Å²) in [5.74, 6) is -2.53. The Balaban J connectivity index is 0.830. The van der Waals surface area contributed by atoms with Gasteiger partial charge in [0, 0.05) is 60.4 Å². The number of H-pyrrole nitrogens is 1. The number of ether oxygens (including phenoxy) is 1. The number of carbonyl (C=O) groups excluding carboxylic acids is 4. The summed E-state index contributed by atoms with van der Waals surface area (Å²) in [6.45, 7) is 9.16. The first-order chi connectivity index (χ1) is 32.5. The number of imide groups is 1. The number of aliphatic hydroxyl groups is 1. The summed E-state index contributed by atoms with van der Waals surface area (Å²) < 4.78 is 37.2. The van der Waals surface area contributed by atoms with Crippen LogP contribution in [0.5, 0.6) is 5.75 Å². The fourth-order valence-electron chi connectivity index (χ4n) is 10.1. The van der Waals surface area contributed by atoms with Gasteiger partial charge in [-0.3, -0.25) is 24.6 Å². The fraction of sp³-hybridized carbons (Fsp3) is 0.346. The Bertz CT molecular complexity index is 2970. The SMILES string of the molecule is COc1ccc(C(=O)N2CCC3(CCN(CCc4ccc(-c5cc6c(-c7cc(F)cc(-c8c(C(C)(C)O)ccc(C(N)=O)c8F)c7C)ncnc6[nH]5)cc4)CC3)CC2)cc1N1CCC(=O)NC1=O. The number of hydrogen-bond donors (Lipinski definition) is 4. The van der Waals surface area contributed by atoms with Crippen molar-refractivity contribution in [1.82, 2.24) is 30.1 Å². The average molecular weight is 925 g/mol. The summed E-state index contributed by atoms with van der Waals surface area (Å²) >= 11 is 0. The number of piperidine rings is 2. The third-order valence-corrected chi connectivity index (χ3v) is 14.2. The van der Waals surface area contributed by atoms with Crippen LogP contribution in [-0.4, -0.2) is 100.0 Å². The number of methoxy groups -OCH3 is 1. The highest BCUT2D eigenvalue weighted by Crippen LogP contribution is 2.43. The molecule has 2 aromatic heterocycles. The highest BCUT2D eigenvalue weighted by molar-refractivity contribution is 6.07. The molecule has 0 bridgehead atoms. The van der Waals surface area contributed by atoms with Crippen molar-refractivity contribution in [3.8, 4) is 39.4 Å². The molecule has 14 nitrogen and oxygen atoms in total. The minimum absolute atomic E-state index is 0.0785. The number of anilines is 1. The number of urea groups is 1. The second kappa shape index (κ2) is 18.2. The van der Waals surface area contributed by atoms with Crippen molar-refractivity contribution >= 4 is 40.5 Å². The predicted molar refractivity (Wildman–Crippen MR) is 254 cm³/mol. The fourth-order valence-corrected chi connectivity index (χ4v) is 10.1. The van der Waals surface area contributed by atoms with Crippen molar-refractivity contribution in [3.63, 3.8) is 0 Å². The molecule has 0 atom stereocenters. The van der Waals surface area contributed by atoms with Gasteiger partial charge in [-0.25, -0.2) is 23.5 Å². The number of likely N-dealkylation sites (tertiary alicyclic amines) is 2. The Morgan fingerprint density at radius 3 is 2.28 bits per heavy atom. The molecule has 4 aromatic carbocycles. The molecular formula is C52H54F2N8O6. The summed E-state index contributed by atoms with van der Waals surface area (Å²) in [6.07, 6.45) is 6.47. The van der Waals surface area contributed by atoms with E-state index in [1.165, 1.54) is 62.0 Å². The van der Waals surface area contributed by atoms with Gasteiger partial charge >= 0.3 is 6.03 Å². The normalized spacial score (nSPS) is 16.6. The molecule has 3 aliphatic rings. The second-order valence-electron chi connectivity index (χ2n) is 18.8. The molecule has 16 heteroatoms. The minimum atomic E-state index is -1.53. The number of aromatic amines is 1. The number of nitrogens with two attached hydrogens (primary N) is 1. The quantitative estimate of drug-likeness (QED) is 0.100. The number of carbonyl (C=O) groups is 4. The molecule has 5 N–H and O–H groups in total. The number of halogens is 2. The average Bonchev–Trinajstić information content (AvgIpc) is 3.77. The standard InChI is InChI=1S/C52H54F2N8O6/c1-30-36(44-39(51(2,3)67)11-10-35(45(44)54)47(55)64)26-34(53)27-37(30)46-38-28-40(58-48(38)57-29-56-46)32-7-5-31(6-8-32)13-19-60-21-15-52(16-22-60)17-23-61(24-18-52)49(65)33-9-12-42(68-4)41(25-33)62-20-14-43(63)59-50(62)66/h5-12,25-29,67H,13-24H2,1-4H3,(H2,55,64)(H,56,57,58)(H,59,63,66). The number of amides is 5.